The van der Waals surface area contributed by atoms with E-state index in [9.17, 15) is 0 Å². The Morgan fingerprint density at radius 3 is 1.48 bits per heavy atom. The molecule has 0 amide bonds. The van der Waals surface area contributed by atoms with Crippen LogP contribution in [0.1, 0.15) is 0 Å². The van der Waals surface area contributed by atoms with Gasteiger partial charge in [-0.25, -0.2) is 0 Å². The van der Waals surface area contributed by atoms with E-state index in [4.69, 9.17) is 4.42 Å². The number of para-hydroxylation sites is 1. The molecule has 0 unspecified atom stereocenters. The lowest BCUT2D eigenvalue weighted by atomic mass is 9.91. The monoisotopic (exact) mass is 763 g/mol. The van der Waals surface area contributed by atoms with E-state index < -0.39 is 0 Å². The highest BCUT2D eigenvalue weighted by molar-refractivity contribution is 6.27. The zero-order chi connectivity index (χ0) is 39.6. The molecule has 0 saturated carbocycles. The van der Waals surface area contributed by atoms with E-state index >= 15 is 0 Å². The number of benzene rings is 11. The molecule has 0 N–H and O–H groups in total. The normalized spacial score (nSPS) is 11.7. The topological polar surface area (TPSA) is 16.4 Å². The van der Waals surface area contributed by atoms with Gasteiger partial charge in [-0.2, -0.15) is 0 Å². The molecule has 0 atom stereocenters. The zero-order valence-electron chi connectivity index (χ0n) is 32.7. The molecule has 12 rings (SSSR count). The molecule has 0 bridgehead atoms. The van der Waals surface area contributed by atoms with Crippen molar-refractivity contribution in [2.45, 2.75) is 0 Å². The molecule has 1 heterocycles. The van der Waals surface area contributed by atoms with Crippen molar-refractivity contribution in [3.63, 3.8) is 0 Å². The molecule has 0 saturated heterocycles. The Labute approximate surface area is 347 Å². The molecule has 0 spiro atoms. The van der Waals surface area contributed by atoms with E-state index in [1.165, 1.54) is 65.3 Å². The number of nitrogens with zero attached hydrogens (tertiary/aromatic N) is 1. The van der Waals surface area contributed by atoms with E-state index in [2.05, 4.69) is 217 Å². The summed E-state index contributed by atoms with van der Waals surface area (Å²) in [5, 5.41) is 12.5. The quantitative estimate of drug-likeness (QED) is 0.157. The summed E-state index contributed by atoms with van der Waals surface area (Å²) in [6.07, 6.45) is 0. The van der Waals surface area contributed by atoms with E-state index in [0.29, 0.717) is 0 Å². The standard InChI is InChI=1S/C58H37NO/c1-2-9-38(10-3-1)39-25-30-48(31-26-39)59(50-13-8-12-45(35-50)47-29-34-53-52-15-6-7-16-55(52)60-56(53)37-47)49-32-27-40(28-33-49)46-24-19-42-18-21-44-23-22-43-20-17-41-11-4-5-14-51(41)57(43)58(44)54(42)36-46/h1-37H. The molecule has 0 aliphatic carbocycles. The number of fused-ring (bicyclic) bond motifs is 10. The second kappa shape index (κ2) is 13.9. The van der Waals surface area contributed by atoms with Crippen molar-refractivity contribution >= 4 is 82.1 Å². The Morgan fingerprint density at radius 2 is 0.733 bits per heavy atom. The summed E-state index contributed by atoms with van der Waals surface area (Å²) in [4.78, 5) is 2.35. The second-order valence-electron chi connectivity index (χ2n) is 15.7. The molecule has 12 aromatic rings. The highest BCUT2D eigenvalue weighted by Gasteiger charge is 2.16. The molecule has 0 radical (unpaired) electrons. The van der Waals surface area contributed by atoms with Crippen molar-refractivity contribution in [3.8, 4) is 33.4 Å². The van der Waals surface area contributed by atoms with Crippen LogP contribution in [0.15, 0.2) is 229 Å². The largest absolute Gasteiger partial charge is 0.456 e. The van der Waals surface area contributed by atoms with Crippen LogP contribution >= 0.6 is 0 Å². The van der Waals surface area contributed by atoms with Gasteiger partial charge in [-0.1, -0.05) is 164 Å². The minimum Gasteiger partial charge on any atom is -0.456 e. The first kappa shape index (κ1) is 34.1. The van der Waals surface area contributed by atoms with Gasteiger partial charge in [-0.15, -0.1) is 0 Å². The van der Waals surface area contributed by atoms with Crippen molar-refractivity contribution in [1.82, 2.24) is 0 Å². The number of furan rings is 1. The third-order valence-electron chi connectivity index (χ3n) is 12.2. The highest BCUT2D eigenvalue weighted by atomic mass is 16.3. The van der Waals surface area contributed by atoms with Gasteiger partial charge >= 0.3 is 0 Å². The highest BCUT2D eigenvalue weighted by Crippen LogP contribution is 2.41. The van der Waals surface area contributed by atoms with Crippen LogP contribution in [0, 0.1) is 0 Å². The van der Waals surface area contributed by atoms with Crippen LogP contribution in [0.4, 0.5) is 17.1 Å². The number of hydrogen-bond acceptors (Lipinski definition) is 2. The summed E-state index contributed by atoms with van der Waals surface area (Å²) >= 11 is 0. The lowest BCUT2D eigenvalue weighted by Gasteiger charge is -2.26. The Bertz CT molecular complexity index is 3570. The lowest BCUT2D eigenvalue weighted by molar-refractivity contribution is 0.669. The van der Waals surface area contributed by atoms with Crippen LogP contribution in [0.2, 0.25) is 0 Å². The Kier molecular flexibility index (Phi) is 7.89. The Hall–Kier alpha value is -7.94. The molecule has 2 heteroatoms. The van der Waals surface area contributed by atoms with Gasteiger partial charge in [-0.05, 0) is 137 Å². The van der Waals surface area contributed by atoms with Gasteiger partial charge in [0.1, 0.15) is 11.2 Å². The second-order valence-corrected chi connectivity index (χ2v) is 15.7. The first-order valence-corrected chi connectivity index (χ1v) is 20.6. The molecule has 280 valence electrons. The number of hydrogen-bond donors (Lipinski definition) is 0. The smallest absolute Gasteiger partial charge is 0.136 e. The van der Waals surface area contributed by atoms with Crippen LogP contribution in [-0.2, 0) is 0 Å². The molecule has 0 aliphatic rings. The van der Waals surface area contributed by atoms with Gasteiger partial charge in [0.05, 0.1) is 0 Å². The molecule has 0 fully saturated rings. The molecule has 2 nitrogen and oxygen atoms in total. The first-order valence-electron chi connectivity index (χ1n) is 20.6. The van der Waals surface area contributed by atoms with Gasteiger partial charge in [0.25, 0.3) is 0 Å². The summed E-state index contributed by atoms with van der Waals surface area (Å²) in [6, 6.07) is 81.3. The van der Waals surface area contributed by atoms with Gasteiger partial charge < -0.3 is 9.32 Å². The van der Waals surface area contributed by atoms with Crippen LogP contribution in [0.5, 0.6) is 0 Å². The molecule has 1 aromatic heterocycles. The average Bonchev–Trinajstić information content (AvgIpc) is 3.70. The maximum Gasteiger partial charge on any atom is 0.136 e. The maximum atomic E-state index is 6.30. The zero-order valence-corrected chi connectivity index (χ0v) is 32.7. The predicted molar refractivity (Wildman–Crippen MR) is 255 cm³/mol. The van der Waals surface area contributed by atoms with E-state index in [1.807, 2.05) is 12.1 Å². The third kappa shape index (κ3) is 5.73. The van der Waals surface area contributed by atoms with Gasteiger partial charge in [0, 0.05) is 27.8 Å². The number of anilines is 3. The summed E-state index contributed by atoms with van der Waals surface area (Å²) in [5.74, 6) is 0. The summed E-state index contributed by atoms with van der Waals surface area (Å²) in [5.41, 5.74) is 12.0. The minimum absolute atomic E-state index is 0.895. The molecular formula is C58H37NO. The van der Waals surface area contributed by atoms with Crippen molar-refractivity contribution < 1.29 is 4.42 Å². The van der Waals surface area contributed by atoms with Crippen LogP contribution in [-0.4, -0.2) is 0 Å². The van der Waals surface area contributed by atoms with Crippen molar-refractivity contribution in [2.75, 3.05) is 4.90 Å². The first-order chi connectivity index (χ1) is 29.7. The van der Waals surface area contributed by atoms with Crippen LogP contribution in [0.3, 0.4) is 0 Å². The van der Waals surface area contributed by atoms with Crippen LogP contribution in [0.25, 0.3) is 98.4 Å². The molecule has 11 aromatic carbocycles. The summed E-state index contributed by atoms with van der Waals surface area (Å²) in [7, 11) is 0. The van der Waals surface area contributed by atoms with Crippen molar-refractivity contribution in [2.24, 2.45) is 0 Å². The molecular weight excluding hydrogens is 727 g/mol. The predicted octanol–water partition coefficient (Wildman–Crippen LogP) is 16.7. The Balaban J connectivity index is 0.965. The SMILES string of the molecule is c1ccc(-c2ccc(N(c3ccc(-c4ccc5ccc6ccc7ccc8ccccc8c7c6c5c4)cc3)c3cccc(-c4ccc5c(c4)oc4ccccc45)c3)cc2)cc1. The summed E-state index contributed by atoms with van der Waals surface area (Å²) in [6.45, 7) is 0. The van der Waals surface area contributed by atoms with Crippen LogP contribution < -0.4 is 4.90 Å². The fourth-order valence-electron chi connectivity index (χ4n) is 9.23. The summed E-state index contributed by atoms with van der Waals surface area (Å²) < 4.78 is 6.30. The molecule has 60 heavy (non-hydrogen) atoms. The van der Waals surface area contributed by atoms with Gasteiger partial charge in [0.15, 0.2) is 0 Å². The van der Waals surface area contributed by atoms with E-state index in [1.54, 1.807) is 0 Å². The minimum atomic E-state index is 0.895. The van der Waals surface area contributed by atoms with E-state index in [-0.39, 0.29) is 0 Å². The van der Waals surface area contributed by atoms with Crippen molar-refractivity contribution in [1.29, 1.82) is 0 Å². The molecule has 0 aliphatic heterocycles. The third-order valence-corrected chi connectivity index (χ3v) is 12.2. The maximum absolute atomic E-state index is 6.30. The van der Waals surface area contributed by atoms with Gasteiger partial charge in [-0.3, -0.25) is 0 Å². The average molecular weight is 764 g/mol. The fourth-order valence-corrected chi connectivity index (χ4v) is 9.23. The number of rotatable bonds is 6. The van der Waals surface area contributed by atoms with Gasteiger partial charge in [0.2, 0.25) is 0 Å². The van der Waals surface area contributed by atoms with E-state index in [0.717, 1.165) is 50.1 Å². The van der Waals surface area contributed by atoms with Crippen molar-refractivity contribution in [3.05, 3.63) is 224 Å². The lowest BCUT2D eigenvalue weighted by Crippen LogP contribution is -2.10. The fraction of sp³-hybridized carbons (Fsp3) is 0. The Morgan fingerprint density at radius 1 is 0.250 bits per heavy atom.